The number of benzene rings is 2. The van der Waals surface area contributed by atoms with Crippen LogP contribution >= 0.6 is 23.2 Å². The van der Waals surface area contributed by atoms with Gasteiger partial charge in [-0.05, 0) is 24.3 Å². The van der Waals surface area contributed by atoms with E-state index in [9.17, 15) is 9.59 Å². The van der Waals surface area contributed by atoms with Crippen molar-refractivity contribution in [2.24, 2.45) is 0 Å². The van der Waals surface area contributed by atoms with Crippen molar-refractivity contribution in [2.75, 3.05) is 10.6 Å². The Morgan fingerprint density at radius 3 is 2.84 bits per heavy atom. The highest BCUT2D eigenvalue weighted by Gasteiger charge is 2.33. The summed E-state index contributed by atoms with van der Waals surface area (Å²) in [5.74, 6) is -0.265. The van der Waals surface area contributed by atoms with E-state index in [1.165, 1.54) is 0 Å². The standard InChI is InChI=1S/C17H12Cl2N4O2/c18-9-4-3-6-11(15(9)19)20-16(25)13-8-14(24)22-17-21-10-5-1-2-7-12(10)23(13)17/h1-7,13H,8H2,(H,20,25)(H,21,22,24)/t13-/m0/s1. The smallest absolute Gasteiger partial charge is 0.248 e. The van der Waals surface area contributed by atoms with Crippen LogP contribution in [0.3, 0.4) is 0 Å². The molecule has 2 N–H and O–H groups in total. The topological polar surface area (TPSA) is 76.0 Å². The highest BCUT2D eigenvalue weighted by Crippen LogP contribution is 2.33. The average molecular weight is 375 g/mol. The minimum atomic E-state index is -0.730. The van der Waals surface area contributed by atoms with Crippen molar-refractivity contribution >= 4 is 57.7 Å². The number of anilines is 2. The van der Waals surface area contributed by atoms with E-state index in [0.717, 1.165) is 5.52 Å². The summed E-state index contributed by atoms with van der Waals surface area (Å²) in [6, 6.07) is 11.6. The predicted octanol–water partition coefficient (Wildman–Crippen LogP) is 3.87. The van der Waals surface area contributed by atoms with E-state index >= 15 is 0 Å². The monoisotopic (exact) mass is 374 g/mol. The molecule has 1 aliphatic rings. The van der Waals surface area contributed by atoms with Gasteiger partial charge in [0.2, 0.25) is 17.8 Å². The molecular formula is C17H12Cl2N4O2. The zero-order valence-electron chi connectivity index (χ0n) is 12.8. The van der Waals surface area contributed by atoms with Gasteiger partial charge in [0.05, 0.1) is 33.2 Å². The Labute approximate surface area is 152 Å². The van der Waals surface area contributed by atoms with Gasteiger partial charge in [0, 0.05) is 0 Å². The molecule has 6 nitrogen and oxygen atoms in total. The lowest BCUT2D eigenvalue weighted by Crippen LogP contribution is -2.35. The fraction of sp³-hybridized carbons (Fsp3) is 0.118. The van der Waals surface area contributed by atoms with E-state index in [1.807, 2.05) is 24.3 Å². The van der Waals surface area contributed by atoms with Gasteiger partial charge in [-0.3, -0.25) is 19.5 Å². The van der Waals surface area contributed by atoms with Gasteiger partial charge in [-0.15, -0.1) is 0 Å². The lowest BCUT2D eigenvalue weighted by molar-refractivity contribution is -0.124. The Morgan fingerprint density at radius 2 is 2.00 bits per heavy atom. The molecule has 0 spiro atoms. The number of carbonyl (C=O) groups excluding carboxylic acids is 2. The zero-order valence-corrected chi connectivity index (χ0v) is 14.3. The van der Waals surface area contributed by atoms with Crippen LogP contribution in [0.25, 0.3) is 11.0 Å². The number of fused-ring (bicyclic) bond motifs is 3. The van der Waals surface area contributed by atoms with E-state index < -0.39 is 6.04 Å². The first-order chi connectivity index (χ1) is 12.0. The average Bonchev–Trinajstić information content (AvgIpc) is 2.96. The van der Waals surface area contributed by atoms with Gasteiger partial charge in [-0.1, -0.05) is 41.4 Å². The van der Waals surface area contributed by atoms with Gasteiger partial charge in [-0.25, -0.2) is 4.98 Å². The number of amides is 2. The summed E-state index contributed by atoms with van der Waals surface area (Å²) in [5.41, 5.74) is 1.88. The van der Waals surface area contributed by atoms with Crippen molar-refractivity contribution in [2.45, 2.75) is 12.5 Å². The number of hydrogen-bond acceptors (Lipinski definition) is 3. The summed E-state index contributed by atoms with van der Waals surface area (Å²) in [4.78, 5) is 29.2. The molecule has 1 aromatic heterocycles. The fourth-order valence-electron chi connectivity index (χ4n) is 2.92. The van der Waals surface area contributed by atoms with Gasteiger partial charge in [0.25, 0.3) is 0 Å². The maximum atomic E-state index is 12.8. The molecule has 2 aromatic carbocycles. The summed E-state index contributed by atoms with van der Waals surface area (Å²) in [6.45, 7) is 0. The zero-order chi connectivity index (χ0) is 17.6. The number of nitrogens with zero attached hydrogens (tertiary/aromatic N) is 2. The van der Waals surface area contributed by atoms with E-state index in [0.29, 0.717) is 22.2 Å². The van der Waals surface area contributed by atoms with Crippen molar-refractivity contribution in [1.29, 1.82) is 0 Å². The van der Waals surface area contributed by atoms with Crippen LogP contribution < -0.4 is 10.6 Å². The molecule has 0 saturated carbocycles. The van der Waals surface area contributed by atoms with Crippen LogP contribution in [0.2, 0.25) is 10.0 Å². The molecule has 25 heavy (non-hydrogen) atoms. The van der Waals surface area contributed by atoms with Gasteiger partial charge >= 0.3 is 0 Å². The molecule has 0 radical (unpaired) electrons. The van der Waals surface area contributed by atoms with Crippen LogP contribution in [-0.2, 0) is 9.59 Å². The number of hydrogen-bond donors (Lipinski definition) is 2. The second kappa shape index (κ2) is 6.06. The van der Waals surface area contributed by atoms with Gasteiger partial charge in [0.1, 0.15) is 6.04 Å². The van der Waals surface area contributed by atoms with Crippen LogP contribution in [0.5, 0.6) is 0 Å². The number of halogens is 2. The van der Waals surface area contributed by atoms with Crippen molar-refractivity contribution < 1.29 is 9.59 Å². The van der Waals surface area contributed by atoms with Crippen molar-refractivity contribution in [1.82, 2.24) is 9.55 Å². The van der Waals surface area contributed by atoms with Gasteiger partial charge < -0.3 is 5.32 Å². The third kappa shape index (κ3) is 2.73. The molecule has 126 valence electrons. The minimum Gasteiger partial charge on any atom is -0.323 e. The number of nitrogens with one attached hydrogen (secondary N) is 2. The van der Waals surface area contributed by atoms with Crippen LogP contribution in [-0.4, -0.2) is 21.4 Å². The number of carbonyl (C=O) groups is 2. The molecule has 0 bridgehead atoms. The molecule has 8 heteroatoms. The van der Waals surface area contributed by atoms with Crippen LogP contribution in [0.4, 0.5) is 11.6 Å². The Bertz CT molecular complexity index is 1020. The third-order valence-electron chi connectivity index (χ3n) is 4.05. The first-order valence-electron chi connectivity index (χ1n) is 7.56. The second-order valence-corrected chi connectivity index (χ2v) is 6.44. The molecule has 4 rings (SSSR count). The summed E-state index contributed by atoms with van der Waals surface area (Å²) < 4.78 is 1.73. The number of rotatable bonds is 2. The first-order valence-corrected chi connectivity index (χ1v) is 8.32. The minimum absolute atomic E-state index is 0.0113. The summed E-state index contributed by atoms with van der Waals surface area (Å²) in [7, 11) is 0. The molecule has 0 saturated heterocycles. The van der Waals surface area contributed by atoms with Crippen LogP contribution in [0.1, 0.15) is 12.5 Å². The van der Waals surface area contributed by atoms with E-state index in [4.69, 9.17) is 23.2 Å². The largest absolute Gasteiger partial charge is 0.323 e. The molecule has 2 amide bonds. The Balaban J connectivity index is 1.74. The highest BCUT2D eigenvalue weighted by molar-refractivity contribution is 6.44. The quantitative estimate of drug-likeness (QED) is 0.714. The van der Waals surface area contributed by atoms with Crippen molar-refractivity contribution in [3.05, 3.63) is 52.5 Å². The Morgan fingerprint density at radius 1 is 1.20 bits per heavy atom. The molecule has 2 heterocycles. The Hall–Kier alpha value is -2.57. The lowest BCUT2D eigenvalue weighted by Gasteiger charge is -2.25. The maximum absolute atomic E-state index is 12.8. The van der Waals surface area contributed by atoms with E-state index in [2.05, 4.69) is 15.6 Å². The number of para-hydroxylation sites is 2. The number of aromatic nitrogens is 2. The van der Waals surface area contributed by atoms with E-state index in [-0.39, 0.29) is 23.3 Å². The summed E-state index contributed by atoms with van der Waals surface area (Å²) in [6.07, 6.45) is 0.0113. The highest BCUT2D eigenvalue weighted by atomic mass is 35.5. The molecule has 0 aliphatic carbocycles. The molecule has 1 aliphatic heterocycles. The SMILES string of the molecule is O=C1C[C@@H](C(=O)Nc2cccc(Cl)c2Cl)n2c(nc3ccccc32)N1. The first kappa shape index (κ1) is 15.9. The molecule has 0 unspecified atom stereocenters. The molecular weight excluding hydrogens is 363 g/mol. The summed E-state index contributed by atoms with van der Waals surface area (Å²) >= 11 is 12.1. The molecule has 0 fully saturated rings. The third-order valence-corrected chi connectivity index (χ3v) is 4.87. The molecule has 3 aromatic rings. The molecule has 1 atom stereocenters. The van der Waals surface area contributed by atoms with Gasteiger partial charge in [-0.2, -0.15) is 0 Å². The van der Waals surface area contributed by atoms with Crippen LogP contribution in [0, 0.1) is 0 Å². The van der Waals surface area contributed by atoms with Crippen molar-refractivity contribution in [3.8, 4) is 0 Å². The maximum Gasteiger partial charge on any atom is 0.248 e. The second-order valence-electron chi connectivity index (χ2n) is 5.65. The lowest BCUT2D eigenvalue weighted by atomic mass is 10.1. The predicted molar refractivity (Wildman–Crippen MR) is 97.1 cm³/mol. The van der Waals surface area contributed by atoms with Gasteiger partial charge in [0.15, 0.2) is 0 Å². The summed E-state index contributed by atoms with van der Waals surface area (Å²) in [5, 5.41) is 6.06. The normalized spacial score (nSPS) is 16.4. The Kier molecular flexibility index (Phi) is 3.86. The number of imidazole rings is 1. The van der Waals surface area contributed by atoms with Crippen molar-refractivity contribution in [3.63, 3.8) is 0 Å². The van der Waals surface area contributed by atoms with Crippen LogP contribution in [0.15, 0.2) is 42.5 Å². The fourth-order valence-corrected chi connectivity index (χ4v) is 3.26. The van der Waals surface area contributed by atoms with E-state index in [1.54, 1.807) is 22.8 Å².